The average molecular weight is 619 g/mol. The number of nitrogens with zero attached hydrogens (tertiary/aromatic N) is 3. The molecule has 2 aromatic carbocycles. The standard InChI is InChI=1S/C30H34F4N6O4/c1-4-27(41)35-25-17-21(40-11-9-39(10-12-40)8-7-30(32,33)34)16-24(31)28(25)29(42)36-26-15-20(37-38-26)6-5-19-13-22(43-2)18-23(14-19)44-3/h4,13-18H,1,5-12H2,2-3H3,(H,35,41)(H2,36,37,38,42). The number of H-pyrrole nitrogens is 1. The molecule has 1 aliphatic rings. The number of aromatic nitrogens is 2. The Bertz CT molecular complexity index is 1460. The van der Waals surface area contributed by atoms with Gasteiger partial charge in [0, 0.05) is 50.5 Å². The molecule has 1 fully saturated rings. The first-order chi connectivity index (χ1) is 21.0. The van der Waals surface area contributed by atoms with Crippen LogP contribution in [0.2, 0.25) is 0 Å². The Balaban J connectivity index is 1.45. The molecular weight excluding hydrogens is 584 g/mol. The monoisotopic (exact) mass is 618 g/mol. The van der Waals surface area contributed by atoms with Gasteiger partial charge in [-0.3, -0.25) is 19.6 Å². The van der Waals surface area contributed by atoms with E-state index in [1.54, 1.807) is 36.2 Å². The number of methoxy groups -OCH3 is 2. The molecule has 4 rings (SSSR count). The van der Waals surface area contributed by atoms with Crippen LogP contribution >= 0.6 is 0 Å². The number of alkyl halides is 3. The van der Waals surface area contributed by atoms with Crippen molar-refractivity contribution in [3.8, 4) is 11.5 Å². The zero-order valence-electron chi connectivity index (χ0n) is 24.4. The summed E-state index contributed by atoms with van der Waals surface area (Å²) in [5, 5.41) is 12.0. The van der Waals surface area contributed by atoms with E-state index in [1.807, 2.05) is 12.1 Å². The molecule has 1 aliphatic heterocycles. The van der Waals surface area contributed by atoms with Crippen LogP contribution in [0.4, 0.5) is 34.8 Å². The van der Waals surface area contributed by atoms with Gasteiger partial charge in [0.2, 0.25) is 5.91 Å². The Kier molecular flexibility index (Phi) is 10.5. The largest absolute Gasteiger partial charge is 0.497 e. The number of hydrogen-bond donors (Lipinski definition) is 3. The molecule has 0 aliphatic carbocycles. The lowest BCUT2D eigenvalue weighted by Gasteiger charge is -2.36. The predicted octanol–water partition coefficient (Wildman–Crippen LogP) is 4.80. The Morgan fingerprint density at radius 3 is 2.30 bits per heavy atom. The number of piperazine rings is 1. The molecule has 10 nitrogen and oxygen atoms in total. The van der Waals surface area contributed by atoms with Crippen LogP contribution in [0.5, 0.6) is 11.5 Å². The number of carbonyl (C=O) groups is 2. The van der Waals surface area contributed by atoms with E-state index >= 15 is 4.39 Å². The third-order valence-electron chi connectivity index (χ3n) is 7.15. The van der Waals surface area contributed by atoms with Gasteiger partial charge in [-0.25, -0.2) is 4.39 Å². The summed E-state index contributed by atoms with van der Waals surface area (Å²) >= 11 is 0. The molecule has 3 aromatic rings. The maximum absolute atomic E-state index is 15.5. The molecule has 0 atom stereocenters. The number of halogens is 4. The number of hydrogen-bond acceptors (Lipinski definition) is 7. The van der Waals surface area contributed by atoms with Crippen LogP contribution in [0.3, 0.4) is 0 Å². The minimum absolute atomic E-state index is 0.0754. The summed E-state index contributed by atoms with van der Waals surface area (Å²) in [6.45, 7) is 4.68. The summed E-state index contributed by atoms with van der Waals surface area (Å²) in [5.41, 5.74) is 1.52. The van der Waals surface area contributed by atoms with Crippen LogP contribution in [-0.4, -0.2) is 80.0 Å². The van der Waals surface area contributed by atoms with Crippen LogP contribution in [0.15, 0.2) is 49.1 Å². The first-order valence-electron chi connectivity index (χ1n) is 13.9. The van der Waals surface area contributed by atoms with Gasteiger partial charge in [-0.15, -0.1) is 0 Å². The number of amides is 2. The SMILES string of the molecule is C=CC(=O)Nc1cc(N2CCN(CCC(F)(F)F)CC2)cc(F)c1C(=O)Nc1cc(CCc2cc(OC)cc(OC)c2)n[nH]1. The second-order valence-corrected chi connectivity index (χ2v) is 10.2. The van der Waals surface area contributed by atoms with E-state index in [0.29, 0.717) is 61.9 Å². The minimum Gasteiger partial charge on any atom is -0.497 e. The van der Waals surface area contributed by atoms with Crippen molar-refractivity contribution in [2.24, 2.45) is 0 Å². The van der Waals surface area contributed by atoms with Crippen LogP contribution in [0.25, 0.3) is 0 Å². The smallest absolute Gasteiger partial charge is 0.390 e. The summed E-state index contributed by atoms with van der Waals surface area (Å²) in [6, 6.07) is 9.80. The summed E-state index contributed by atoms with van der Waals surface area (Å²) in [6.07, 6.45) is -3.02. The highest BCUT2D eigenvalue weighted by Crippen LogP contribution is 2.30. The van der Waals surface area contributed by atoms with Crippen LogP contribution < -0.4 is 25.0 Å². The third kappa shape index (κ3) is 8.72. The normalized spacial score (nSPS) is 13.8. The van der Waals surface area contributed by atoms with Gasteiger partial charge in [-0.05, 0) is 48.7 Å². The highest BCUT2D eigenvalue weighted by molar-refractivity contribution is 6.11. The molecule has 0 unspecified atom stereocenters. The van der Waals surface area contributed by atoms with Crippen molar-refractivity contribution in [2.75, 3.05) is 62.5 Å². The first kappa shape index (κ1) is 32.3. The van der Waals surface area contributed by atoms with Gasteiger partial charge in [0.1, 0.15) is 23.1 Å². The quantitative estimate of drug-likeness (QED) is 0.198. The van der Waals surface area contributed by atoms with E-state index in [-0.39, 0.29) is 18.1 Å². The number of rotatable bonds is 12. The van der Waals surface area contributed by atoms with E-state index < -0.39 is 35.8 Å². The molecule has 2 heterocycles. The van der Waals surface area contributed by atoms with E-state index in [9.17, 15) is 22.8 Å². The highest BCUT2D eigenvalue weighted by atomic mass is 19.4. The van der Waals surface area contributed by atoms with Crippen LogP contribution in [0, 0.1) is 5.82 Å². The maximum atomic E-state index is 15.5. The van der Waals surface area contributed by atoms with Gasteiger partial charge >= 0.3 is 6.18 Å². The molecule has 14 heteroatoms. The van der Waals surface area contributed by atoms with Crippen molar-refractivity contribution in [1.82, 2.24) is 15.1 Å². The van der Waals surface area contributed by atoms with E-state index in [0.717, 1.165) is 11.6 Å². The molecule has 44 heavy (non-hydrogen) atoms. The van der Waals surface area contributed by atoms with Crippen molar-refractivity contribution >= 4 is 29.0 Å². The molecule has 1 saturated heterocycles. The molecule has 0 bridgehead atoms. The lowest BCUT2D eigenvalue weighted by molar-refractivity contribution is -0.138. The van der Waals surface area contributed by atoms with Crippen molar-refractivity contribution in [3.05, 3.63) is 71.7 Å². The van der Waals surface area contributed by atoms with E-state index in [1.165, 1.54) is 12.1 Å². The summed E-state index contributed by atoms with van der Waals surface area (Å²) in [5.74, 6) is -0.809. The second kappa shape index (κ2) is 14.3. The molecular formula is C30H34F4N6O4. The summed E-state index contributed by atoms with van der Waals surface area (Å²) < 4.78 is 63.9. The molecule has 0 radical (unpaired) electrons. The van der Waals surface area contributed by atoms with Crippen LogP contribution in [0.1, 0.15) is 28.0 Å². The van der Waals surface area contributed by atoms with Crippen LogP contribution in [-0.2, 0) is 17.6 Å². The van der Waals surface area contributed by atoms with Crippen molar-refractivity contribution in [2.45, 2.75) is 25.4 Å². The number of carbonyl (C=O) groups excluding carboxylic acids is 2. The van der Waals surface area contributed by atoms with Gasteiger partial charge in [-0.1, -0.05) is 6.58 Å². The summed E-state index contributed by atoms with van der Waals surface area (Å²) in [7, 11) is 3.14. The van der Waals surface area contributed by atoms with Gasteiger partial charge in [0.15, 0.2) is 0 Å². The average Bonchev–Trinajstić information content (AvgIpc) is 3.45. The fraction of sp³-hybridized carbons (Fsp3) is 0.367. The topological polar surface area (TPSA) is 112 Å². The second-order valence-electron chi connectivity index (χ2n) is 10.2. The lowest BCUT2D eigenvalue weighted by Crippen LogP contribution is -2.47. The molecule has 0 saturated carbocycles. The van der Waals surface area contributed by atoms with E-state index in [2.05, 4.69) is 27.4 Å². The lowest BCUT2D eigenvalue weighted by atomic mass is 10.1. The van der Waals surface area contributed by atoms with Crippen molar-refractivity contribution in [1.29, 1.82) is 0 Å². The zero-order chi connectivity index (χ0) is 31.9. The van der Waals surface area contributed by atoms with Crippen molar-refractivity contribution in [3.63, 3.8) is 0 Å². The number of nitrogens with one attached hydrogen (secondary N) is 3. The Morgan fingerprint density at radius 1 is 1.00 bits per heavy atom. The molecule has 0 spiro atoms. The first-order valence-corrected chi connectivity index (χ1v) is 13.9. The maximum Gasteiger partial charge on any atom is 0.390 e. The Labute approximate surface area is 252 Å². The number of benzene rings is 2. The Morgan fingerprint density at radius 2 is 1.68 bits per heavy atom. The number of anilines is 3. The highest BCUT2D eigenvalue weighted by Gasteiger charge is 2.29. The third-order valence-corrected chi connectivity index (χ3v) is 7.15. The fourth-order valence-electron chi connectivity index (χ4n) is 4.83. The minimum atomic E-state index is -4.24. The molecule has 2 amide bonds. The van der Waals surface area contributed by atoms with Crippen molar-refractivity contribution < 1.29 is 36.6 Å². The predicted molar refractivity (Wildman–Crippen MR) is 158 cm³/mol. The Hall–Kier alpha value is -4.59. The van der Waals surface area contributed by atoms with Gasteiger partial charge < -0.3 is 25.0 Å². The summed E-state index contributed by atoms with van der Waals surface area (Å²) in [4.78, 5) is 28.9. The number of aromatic amines is 1. The molecule has 236 valence electrons. The van der Waals surface area contributed by atoms with E-state index in [4.69, 9.17) is 9.47 Å². The van der Waals surface area contributed by atoms with Gasteiger partial charge in [-0.2, -0.15) is 18.3 Å². The fourth-order valence-corrected chi connectivity index (χ4v) is 4.83. The zero-order valence-corrected chi connectivity index (χ0v) is 24.4. The van der Waals surface area contributed by atoms with Gasteiger partial charge in [0.25, 0.3) is 5.91 Å². The number of aryl methyl sites for hydroxylation is 2. The molecule has 1 aromatic heterocycles. The van der Waals surface area contributed by atoms with Gasteiger partial charge in [0.05, 0.1) is 37.6 Å². The molecule has 3 N–H and O–H groups in total. The number of ether oxygens (including phenoxy) is 2.